The highest BCUT2D eigenvalue weighted by molar-refractivity contribution is 7.89. The van der Waals surface area contributed by atoms with Crippen molar-refractivity contribution >= 4 is 27.3 Å². The van der Waals surface area contributed by atoms with Gasteiger partial charge < -0.3 is 10.1 Å². The number of rotatable bonds is 6. The predicted octanol–water partition coefficient (Wildman–Crippen LogP) is 3.81. The van der Waals surface area contributed by atoms with Crippen LogP contribution in [0.4, 0.5) is 0 Å². The second-order valence-electron chi connectivity index (χ2n) is 6.89. The lowest BCUT2D eigenvalue weighted by Crippen LogP contribution is -2.32. The van der Waals surface area contributed by atoms with Crippen molar-refractivity contribution in [2.24, 2.45) is 0 Å². The number of sulfonamides is 1. The first-order chi connectivity index (χ1) is 13.4. The van der Waals surface area contributed by atoms with Crippen LogP contribution < -0.4 is 10.1 Å². The maximum Gasteiger partial charge on any atom is 0.251 e. The fourth-order valence-electron chi connectivity index (χ4n) is 3.33. The van der Waals surface area contributed by atoms with Gasteiger partial charge in [0.15, 0.2) is 0 Å². The van der Waals surface area contributed by atoms with Gasteiger partial charge in [0, 0.05) is 23.5 Å². The molecule has 0 radical (unpaired) electrons. The Labute approximate surface area is 170 Å². The van der Waals surface area contributed by atoms with Crippen LogP contribution >= 0.6 is 11.3 Å². The van der Waals surface area contributed by atoms with Crippen molar-refractivity contribution in [3.8, 4) is 5.75 Å². The van der Waals surface area contributed by atoms with Gasteiger partial charge in [-0.05, 0) is 49.4 Å². The number of amides is 1. The van der Waals surface area contributed by atoms with Gasteiger partial charge in [0.05, 0.1) is 13.2 Å². The summed E-state index contributed by atoms with van der Waals surface area (Å²) in [5.41, 5.74) is 0.303. The van der Waals surface area contributed by atoms with Crippen molar-refractivity contribution < 1.29 is 17.9 Å². The maximum atomic E-state index is 13.2. The summed E-state index contributed by atoms with van der Waals surface area (Å²) < 4.78 is 33.2. The molecule has 6 nitrogen and oxygen atoms in total. The van der Waals surface area contributed by atoms with E-state index in [-0.39, 0.29) is 22.6 Å². The normalized spacial score (nSPS) is 16.9. The molecule has 1 N–H and O–H groups in total. The number of thiophene rings is 1. The number of carbonyl (C=O) groups excluding carboxylic acids is 1. The molecule has 2 heterocycles. The largest absolute Gasteiger partial charge is 0.495 e. The molecule has 0 bridgehead atoms. The van der Waals surface area contributed by atoms with E-state index in [4.69, 9.17) is 4.74 Å². The first-order valence-electron chi connectivity index (χ1n) is 9.46. The van der Waals surface area contributed by atoms with Gasteiger partial charge in [-0.3, -0.25) is 4.79 Å². The van der Waals surface area contributed by atoms with Gasteiger partial charge in [-0.15, -0.1) is 11.3 Å². The fraction of sp³-hybridized carbons (Fsp3) is 0.450. The van der Waals surface area contributed by atoms with Crippen molar-refractivity contribution in [3.63, 3.8) is 0 Å². The van der Waals surface area contributed by atoms with Crippen LogP contribution in [0.1, 0.15) is 53.9 Å². The Morgan fingerprint density at radius 1 is 1.18 bits per heavy atom. The molecule has 3 rings (SSSR count). The summed E-state index contributed by atoms with van der Waals surface area (Å²) in [6, 6.07) is 8.31. The van der Waals surface area contributed by atoms with Crippen LogP contribution in [-0.2, 0) is 10.0 Å². The van der Waals surface area contributed by atoms with Crippen LogP contribution in [0.15, 0.2) is 40.6 Å². The van der Waals surface area contributed by atoms with E-state index >= 15 is 0 Å². The molecule has 28 heavy (non-hydrogen) atoms. The molecule has 1 amide bonds. The Balaban J connectivity index is 1.88. The number of methoxy groups -OCH3 is 1. The summed E-state index contributed by atoms with van der Waals surface area (Å²) in [7, 11) is -2.29. The molecule has 1 atom stereocenters. The highest BCUT2D eigenvalue weighted by atomic mass is 32.2. The van der Waals surface area contributed by atoms with Gasteiger partial charge in [-0.2, -0.15) is 4.31 Å². The minimum absolute atomic E-state index is 0.0494. The average molecular weight is 423 g/mol. The second-order valence-corrected chi connectivity index (χ2v) is 9.78. The molecule has 1 aliphatic rings. The van der Waals surface area contributed by atoms with Crippen LogP contribution in [0.2, 0.25) is 0 Å². The van der Waals surface area contributed by atoms with E-state index in [2.05, 4.69) is 5.32 Å². The lowest BCUT2D eigenvalue weighted by molar-refractivity contribution is 0.0940. The van der Waals surface area contributed by atoms with Crippen LogP contribution in [0, 0.1) is 0 Å². The monoisotopic (exact) mass is 422 g/mol. The van der Waals surface area contributed by atoms with Gasteiger partial charge >= 0.3 is 0 Å². The molecule has 1 fully saturated rings. The minimum atomic E-state index is -3.73. The Bertz CT molecular complexity index is 902. The molecule has 1 aromatic heterocycles. The van der Waals surface area contributed by atoms with Crippen molar-refractivity contribution in [2.75, 3.05) is 20.2 Å². The molecule has 152 valence electrons. The zero-order valence-electron chi connectivity index (χ0n) is 16.2. The predicted molar refractivity (Wildman–Crippen MR) is 110 cm³/mol. The molecule has 1 aliphatic heterocycles. The quantitative estimate of drug-likeness (QED) is 0.768. The van der Waals surface area contributed by atoms with Crippen LogP contribution in [0.3, 0.4) is 0 Å². The van der Waals surface area contributed by atoms with E-state index in [1.807, 2.05) is 24.4 Å². The summed E-state index contributed by atoms with van der Waals surface area (Å²) >= 11 is 1.57. The van der Waals surface area contributed by atoms with Gasteiger partial charge in [0.2, 0.25) is 10.0 Å². The Morgan fingerprint density at radius 2 is 1.89 bits per heavy atom. The number of nitrogens with zero attached hydrogens (tertiary/aromatic N) is 1. The summed E-state index contributed by atoms with van der Waals surface area (Å²) in [5.74, 6) is -0.0528. The van der Waals surface area contributed by atoms with Gasteiger partial charge in [-0.1, -0.05) is 18.9 Å². The summed E-state index contributed by atoms with van der Waals surface area (Å²) in [5, 5.41) is 4.88. The Morgan fingerprint density at radius 3 is 2.50 bits per heavy atom. The summed E-state index contributed by atoms with van der Waals surface area (Å²) in [6.07, 6.45) is 3.76. The van der Waals surface area contributed by atoms with E-state index in [1.165, 1.54) is 17.5 Å². The third kappa shape index (κ3) is 4.56. The number of hydrogen-bond donors (Lipinski definition) is 1. The number of benzene rings is 1. The first kappa shape index (κ1) is 20.8. The molecule has 1 aromatic carbocycles. The van der Waals surface area contributed by atoms with Gasteiger partial charge in [-0.25, -0.2) is 8.42 Å². The van der Waals surface area contributed by atoms with E-state index in [0.717, 1.165) is 30.6 Å². The highest BCUT2D eigenvalue weighted by Crippen LogP contribution is 2.29. The first-order valence-corrected chi connectivity index (χ1v) is 11.8. The minimum Gasteiger partial charge on any atom is -0.495 e. The lowest BCUT2D eigenvalue weighted by atomic mass is 10.2. The topological polar surface area (TPSA) is 75.7 Å². The molecule has 0 spiro atoms. The number of carbonyl (C=O) groups is 1. The number of nitrogens with one attached hydrogen (secondary N) is 1. The highest BCUT2D eigenvalue weighted by Gasteiger charge is 2.29. The van der Waals surface area contributed by atoms with Crippen LogP contribution in [0.5, 0.6) is 5.75 Å². The van der Waals surface area contributed by atoms with Gasteiger partial charge in [0.25, 0.3) is 5.91 Å². The van der Waals surface area contributed by atoms with Crippen LogP contribution in [0.25, 0.3) is 0 Å². The molecule has 0 aliphatic carbocycles. The van der Waals surface area contributed by atoms with E-state index in [9.17, 15) is 13.2 Å². The standard InChI is InChI=1S/C20H26N2O4S2/c1-15(18-8-7-13-27-18)21-20(23)16-9-10-17(26-2)19(14-16)28(24,25)22-11-5-3-4-6-12-22/h7-10,13-15H,3-6,11-12H2,1-2H3,(H,21,23). The zero-order chi connectivity index (χ0) is 20.1. The Hall–Kier alpha value is -1.90. The molecule has 1 saturated heterocycles. The van der Waals surface area contributed by atoms with E-state index in [0.29, 0.717) is 18.7 Å². The molecule has 0 saturated carbocycles. The third-order valence-corrected chi connectivity index (χ3v) is 7.90. The molecular formula is C20H26N2O4S2. The SMILES string of the molecule is COc1ccc(C(=O)NC(C)c2cccs2)cc1S(=O)(=O)N1CCCCCC1. The summed E-state index contributed by atoms with van der Waals surface area (Å²) in [4.78, 5) is 13.8. The smallest absolute Gasteiger partial charge is 0.251 e. The number of ether oxygens (including phenoxy) is 1. The molecule has 2 aromatic rings. The Kier molecular flexibility index (Phi) is 6.74. The van der Waals surface area contributed by atoms with Crippen molar-refractivity contribution in [2.45, 2.75) is 43.5 Å². The zero-order valence-corrected chi connectivity index (χ0v) is 17.8. The third-order valence-electron chi connectivity index (χ3n) is 4.93. The van der Waals surface area contributed by atoms with E-state index in [1.54, 1.807) is 23.5 Å². The fourth-order valence-corrected chi connectivity index (χ4v) is 5.76. The van der Waals surface area contributed by atoms with Crippen molar-refractivity contribution in [3.05, 3.63) is 46.2 Å². The van der Waals surface area contributed by atoms with Crippen LogP contribution in [-0.4, -0.2) is 38.8 Å². The van der Waals surface area contributed by atoms with E-state index < -0.39 is 10.0 Å². The lowest BCUT2D eigenvalue weighted by Gasteiger charge is -2.22. The van der Waals surface area contributed by atoms with Crippen molar-refractivity contribution in [1.29, 1.82) is 0 Å². The number of hydrogen-bond acceptors (Lipinski definition) is 5. The summed E-state index contributed by atoms with van der Waals surface area (Å²) in [6.45, 7) is 2.90. The second kappa shape index (κ2) is 9.07. The van der Waals surface area contributed by atoms with Gasteiger partial charge in [0.1, 0.15) is 10.6 Å². The molecule has 8 heteroatoms. The van der Waals surface area contributed by atoms with Crippen molar-refractivity contribution in [1.82, 2.24) is 9.62 Å². The molecular weight excluding hydrogens is 396 g/mol. The maximum absolute atomic E-state index is 13.2. The average Bonchev–Trinajstić information content (AvgIpc) is 3.09. The molecule has 1 unspecified atom stereocenters.